The third-order valence-corrected chi connectivity index (χ3v) is 5.25. The number of aliphatic hydroxyl groups is 2. The van der Waals surface area contributed by atoms with Gasteiger partial charge in [-0.15, -0.1) is 0 Å². The lowest BCUT2D eigenvalue weighted by atomic mass is 9.99. The summed E-state index contributed by atoms with van der Waals surface area (Å²) in [4.78, 5) is 17.9. The highest BCUT2D eigenvalue weighted by Gasteiger charge is 2.39. The van der Waals surface area contributed by atoms with E-state index in [0.717, 1.165) is 24.1 Å². The molecule has 0 saturated heterocycles. The Morgan fingerprint density at radius 2 is 1.84 bits per heavy atom. The minimum absolute atomic E-state index is 0.180. The Labute approximate surface area is 185 Å². The van der Waals surface area contributed by atoms with Gasteiger partial charge in [0.05, 0.1) is 23.1 Å². The average molecular weight is 423 g/mol. The summed E-state index contributed by atoms with van der Waals surface area (Å²) in [6, 6.07) is 0. The monoisotopic (exact) mass is 422 g/mol. The molecule has 31 heavy (non-hydrogen) atoms. The molecule has 0 radical (unpaired) electrons. The molecular formula is C26H34N2O3. The minimum atomic E-state index is -0.937. The Morgan fingerprint density at radius 3 is 2.45 bits per heavy atom. The number of aromatic amines is 1. The summed E-state index contributed by atoms with van der Waals surface area (Å²) in [7, 11) is 1.73. The minimum Gasteiger partial charge on any atom is -0.387 e. The molecule has 0 bridgehead atoms. The van der Waals surface area contributed by atoms with Gasteiger partial charge in [0.1, 0.15) is 6.10 Å². The number of amides is 1. The first-order chi connectivity index (χ1) is 14.9. The number of H-pyrrole nitrogens is 1. The molecule has 2 rings (SSSR count). The van der Waals surface area contributed by atoms with Gasteiger partial charge in [0.15, 0.2) is 0 Å². The van der Waals surface area contributed by atoms with Gasteiger partial charge in [-0.1, -0.05) is 75.1 Å². The Balaban J connectivity index is 2.57. The second kappa shape index (κ2) is 11.5. The predicted octanol–water partition coefficient (Wildman–Crippen LogP) is 5.52. The third-order valence-electron chi connectivity index (χ3n) is 5.25. The van der Waals surface area contributed by atoms with Crippen molar-refractivity contribution in [3.8, 4) is 0 Å². The summed E-state index contributed by atoms with van der Waals surface area (Å²) in [5, 5.41) is 22.0. The van der Waals surface area contributed by atoms with Crippen LogP contribution in [0, 0.1) is 0 Å². The van der Waals surface area contributed by atoms with Crippen LogP contribution in [0.4, 0.5) is 0 Å². The number of aromatic nitrogens is 1. The van der Waals surface area contributed by atoms with E-state index in [1.54, 1.807) is 24.1 Å². The Bertz CT molecular complexity index is 944. The second-order valence-corrected chi connectivity index (χ2v) is 7.37. The van der Waals surface area contributed by atoms with Crippen molar-refractivity contribution in [2.75, 3.05) is 7.05 Å². The summed E-state index contributed by atoms with van der Waals surface area (Å²) in [5.74, 6) is -0.180. The molecule has 5 heteroatoms. The van der Waals surface area contributed by atoms with E-state index < -0.39 is 12.2 Å². The molecule has 1 aliphatic heterocycles. The van der Waals surface area contributed by atoms with Crippen molar-refractivity contribution >= 4 is 11.6 Å². The van der Waals surface area contributed by atoms with Gasteiger partial charge < -0.3 is 20.1 Å². The van der Waals surface area contributed by atoms with Gasteiger partial charge in [0.2, 0.25) is 0 Å². The molecule has 1 amide bonds. The van der Waals surface area contributed by atoms with Gasteiger partial charge >= 0.3 is 0 Å². The molecule has 166 valence electrons. The maximum Gasteiger partial charge on any atom is 0.260 e. The third kappa shape index (κ3) is 5.24. The molecule has 2 unspecified atom stereocenters. The number of aliphatic hydroxyl groups excluding tert-OH is 2. The number of nitrogens with zero attached hydrogens (tertiary/aromatic N) is 1. The van der Waals surface area contributed by atoms with Crippen molar-refractivity contribution in [2.24, 2.45) is 0 Å². The van der Waals surface area contributed by atoms with E-state index in [-0.39, 0.29) is 5.91 Å². The molecule has 1 aliphatic rings. The fraction of sp³-hybridized carbons (Fsp3) is 0.346. The van der Waals surface area contributed by atoms with Crippen LogP contribution in [-0.4, -0.2) is 33.1 Å². The number of carbonyl (C=O) groups is 1. The van der Waals surface area contributed by atoms with E-state index in [0.29, 0.717) is 28.9 Å². The molecule has 0 spiro atoms. The Kier molecular flexibility index (Phi) is 9.03. The highest BCUT2D eigenvalue weighted by molar-refractivity contribution is 6.10. The fourth-order valence-corrected chi connectivity index (χ4v) is 3.67. The molecular weight excluding hydrogens is 388 g/mol. The predicted molar refractivity (Wildman–Crippen MR) is 127 cm³/mol. The molecule has 0 fully saturated rings. The Hall–Kier alpha value is -2.89. The van der Waals surface area contributed by atoms with Gasteiger partial charge in [-0.2, -0.15) is 0 Å². The normalized spacial score (nSPS) is 18.1. The number of hydrogen-bond acceptors (Lipinski definition) is 3. The van der Waals surface area contributed by atoms with Crippen LogP contribution in [0.5, 0.6) is 0 Å². The lowest BCUT2D eigenvalue weighted by molar-refractivity contribution is 0.0866. The molecule has 3 N–H and O–H groups in total. The van der Waals surface area contributed by atoms with Crippen molar-refractivity contribution in [3.63, 3.8) is 0 Å². The molecule has 5 nitrogen and oxygen atoms in total. The highest BCUT2D eigenvalue weighted by Crippen LogP contribution is 2.42. The van der Waals surface area contributed by atoms with Crippen LogP contribution >= 0.6 is 0 Å². The smallest absolute Gasteiger partial charge is 0.260 e. The van der Waals surface area contributed by atoms with E-state index in [4.69, 9.17) is 0 Å². The summed E-state index contributed by atoms with van der Waals surface area (Å²) in [6.45, 7) is 9.53. The number of fused-ring (bicyclic) bond motifs is 1. The summed E-state index contributed by atoms with van der Waals surface area (Å²) in [5.41, 5.74) is 3.58. The summed E-state index contributed by atoms with van der Waals surface area (Å²) < 4.78 is 0. The number of hydrogen-bond donors (Lipinski definition) is 3. The van der Waals surface area contributed by atoms with E-state index >= 15 is 0 Å². The Morgan fingerprint density at radius 1 is 1.10 bits per heavy atom. The van der Waals surface area contributed by atoms with Gasteiger partial charge in [0.25, 0.3) is 5.91 Å². The van der Waals surface area contributed by atoms with Crippen LogP contribution in [0.3, 0.4) is 0 Å². The van der Waals surface area contributed by atoms with Gasteiger partial charge in [-0.05, 0) is 31.8 Å². The van der Waals surface area contributed by atoms with Gasteiger partial charge in [-0.3, -0.25) is 4.79 Å². The van der Waals surface area contributed by atoms with E-state index in [2.05, 4.69) is 11.6 Å². The first-order valence-electron chi connectivity index (χ1n) is 10.8. The van der Waals surface area contributed by atoms with Crippen molar-refractivity contribution in [3.05, 3.63) is 89.4 Å². The zero-order valence-electron chi connectivity index (χ0n) is 18.9. The zero-order valence-corrected chi connectivity index (χ0v) is 18.9. The van der Waals surface area contributed by atoms with E-state index in [1.165, 1.54) is 0 Å². The SMILES string of the molecule is C=C/C=C\C=C/CC(O)c1[nH]c(C(O)C(/C=C\CC)=C/C)c2c1C(=O)N(C)/C2=C\CC. The van der Waals surface area contributed by atoms with Gasteiger partial charge in [-0.25, -0.2) is 0 Å². The molecule has 1 aromatic heterocycles. The standard InChI is InChI=1S/C26H34N2O3/c1-6-10-12-13-14-17-20(29)23-22-21(19(15-8-3)28(5)26(22)31)24(27-23)25(30)18(9-4)16-11-7-2/h6,9-16,20,25,27,29-30H,1,7-8,17H2,2-5H3/b12-10-,14-13-,16-11-,18-9+,19-15-. The molecule has 1 aromatic rings. The molecule has 0 aliphatic carbocycles. The first kappa shape index (κ1) is 24.4. The molecule has 2 heterocycles. The maximum absolute atomic E-state index is 13.1. The molecule has 0 aromatic carbocycles. The number of nitrogens with one attached hydrogen (secondary N) is 1. The van der Waals surface area contributed by atoms with Crippen molar-refractivity contribution < 1.29 is 15.0 Å². The first-order valence-corrected chi connectivity index (χ1v) is 10.8. The van der Waals surface area contributed by atoms with Crippen molar-refractivity contribution in [1.82, 2.24) is 9.88 Å². The van der Waals surface area contributed by atoms with Crippen LogP contribution < -0.4 is 0 Å². The fourth-order valence-electron chi connectivity index (χ4n) is 3.67. The second-order valence-electron chi connectivity index (χ2n) is 7.37. The largest absolute Gasteiger partial charge is 0.387 e. The zero-order chi connectivity index (χ0) is 23.0. The lowest BCUT2D eigenvalue weighted by Crippen LogP contribution is -2.19. The van der Waals surface area contributed by atoms with Crippen molar-refractivity contribution in [1.29, 1.82) is 0 Å². The number of rotatable bonds is 10. The number of allylic oxidation sites excluding steroid dienone is 7. The molecule has 2 atom stereocenters. The van der Waals surface area contributed by atoms with Crippen LogP contribution in [0.25, 0.3) is 5.70 Å². The topological polar surface area (TPSA) is 76.6 Å². The van der Waals surface area contributed by atoms with Crippen LogP contribution in [-0.2, 0) is 0 Å². The van der Waals surface area contributed by atoms with E-state index in [1.807, 2.05) is 63.3 Å². The maximum atomic E-state index is 13.1. The van der Waals surface area contributed by atoms with E-state index in [9.17, 15) is 15.0 Å². The van der Waals surface area contributed by atoms with Crippen LogP contribution in [0.2, 0.25) is 0 Å². The summed E-state index contributed by atoms with van der Waals surface area (Å²) >= 11 is 0. The number of carbonyl (C=O) groups excluding carboxylic acids is 1. The van der Waals surface area contributed by atoms with Crippen molar-refractivity contribution in [2.45, 2.75) is 52.2 Å². The lowest BCUT2D eigenvalue weighted by Gasteiger charge is -2.17. The molecule has 0 saturated carbocycles. The summed E-state index contributed by atoms with van der Waals surface area (Å²) in [6.07, 6.45) is 16.8. The highest BCUT2D eigenvalue weighted by atomic mass is 16.3. The van der Waals surface area contributed by atoms with Gasteiger partial charge in [0, 0.05) is 18.3 Å². The van der Waals surface area contributed by atoms with Crippen LogP contribution in [0.1, 0.15) is 79.6 Å². The van der Waals surface area contributed by atoms with Crippen LogP contribution in [0.15, 0.2) is 66.8 Å². The average Bonchev–Trinajstić information content (AvgIpc) is 3.26. The quantitative estimate of drug-likeness (QED) is 0.435.